The molecular formula is C19H21N3O3. The van der Waals surface area contributed by atoms with Crippen molar-refractivity contribution in [2.24, 2.45) is 0 Å². The highest BCUT2D eigenvalue weighted by Crippen LogP contribution is 2.36. The molecule has 1 aromatic carbocycles. The van der Waals surface area contributed by atoms with Crippen LogP contribution in [0.2, 0.25) is 0 Å². The van der Waals surface area contributed by atoms with E-state index in [1.165, 1.54) is 17.4 Å². The third-order valence-electron chi connectivity index (χ3n) is 5.46. The van der Waals surface area contributed by atoms with Crippen molar-refractivity contribution in [1.82, 2.24) is 14.9 Å². The van der Waals surface area contributed by atoms with Crippen LogP contribution in [0.5, 0.6) is 0 Å². The first-order chi connectivity index (χ1) is 12.1. The summed E-state index contributed by atoms with van der Waals surface area (Å²) in [5, 5.41) is 2.96. The van der Waals surface area contributed by atoms with Crippen molar-refractivity contribution in [2.45, 2.75) is 57.4 Å². The van der Waals surface area contributed by atoms with Gasteiger partial charge in [-0.15, -0.1) is 0 Å². The van der Waals surface area contributed by atoms with Crippen molar-refractivity contribution in [3.63, 3.8) is 0 Å². The molecule has 2 heterocycles. The Morgan fingerprint density at radius 3 is 2.60 bits per heavy atom. The molecule has 0 bridgehead atoms. The van der Waals surface area contributed by atoms with Gasteiger partial charge < -0.3 is 0 Å². The van der Waals surface area contributed by atoms with Crippen molar-refractivity contribution in [3.8, 4) is 0 Å². The van der Waals surface area contributed by atoms with Crippen molar-refractivity contribution in [1.29, 1.82) is 0 Å². The van der Waals surface area contributed by atoms with E-state index in [1.54, 1.807) is 6.92 Å². The highest BCUT2D eigenvalue weighted by atomic mass is 16.2. The van der Waals surface area contributed by atoms with Crippen LogP contribution in [0, 0.1) is 6.92 Å². The first-order valence-electron chi connectivity index (χ1n) is 8.91. The molecule has 6 heteroatoms. The lowest BCUT2D eigenvalue weighted by atomic mass is 9.94. The number of imide groups is 1. The highest BCUT2D eigenvalue weighted by molar-refractivity contribution is 5.99. The molecule has 0 radical (unpaired) electrons. The van der Waals surface area contributed by atoms with Gasteiger partial charge in [-0.05, 0) is 43.7 Å². The standard InChI is InChI=1S/C19H21N3O3/c1-11-20-14-8-4-7-13(12-5-2-3-6-12)17(14)19(25)22(11)15-9-10-16(23)21-18(15)24/h4,7-8,12,15H,2-3,5-6,9-10H2,1H3,(H,21,23,24). The Morgan fingerprint density at radius 1 is 1.12 bits per heavy atom. The van der Waals surface area contributed by atoms with Gasteiger partial charge in [-0.2, -0.15) is 0 Å². The number of carbonyl (C=O) groups is 2. The van der Waals surface area contributed by atoms with Crippen LogP contribution in [0.25, 0.3) is 10.9 Å². The third-order valence-corrected chi connectivity index (χ3v) is 5.46. The lowest BCUT2D eigenvalue weighted by molar-refractivity contribution is -0.135. The van der Waals surface area contributed by atoms with E-state index in [2.05, 4.69) is 10.3 Å². The number of amides is 2. The molecule has 2 aromatic rings. The van der Waals surface area contributed by atoms with E-state index < -0.39 is 11.9 Å². The number of nitrogens with one attached hydrogen (secondary N) is 1. The predicted molar refractivity (Wildman–Crippen MR) is 93.4 cm³/mol. The van der Waals surface area contributed by atoms with E-state index >= 15 is 0 Å². The quantitative estimate of drug-likeness (QED) is 0.852. The number of aryl methyl sites for hydroxylation is 1. The fourth-order valence-electron chi connectivity index (χ4n) is 4.25. The summed E-state index contributed by atoms with van der Waals surface area (Å²) in [4.78, 5) is 41.6. The minimum atomic E-state index is -0.668. The van der Waals surface area contributed by atoms with Crippen LogP contribution >= 0.6 is 0 Å². The van der Waals surface area contributed by atoms with E-state index in [9.17, 15) is 14.4 Å². The zero-order valence-corrected chi connectivity index (χ0v) is 14.2. The van der Waals surface area contributed by atoms with Crippen molar-refractivity contribution >= 4 is 22.7 Å². The molecule has 2 amide bonds. The summed E-state index contributed by atoms with van der Waals surface area (Å²) in [6.45, 7) is 1.74. The van der Waals surface area contributed by atoms with E-state index in [4.69, 9.17) is 0 Å². The lowest BCUT2D eigenvalue weighted by Gasteiger charge is -2.25. The van der Waals surface area contributed by atoms with Crippen LogP contribution in [0.3, 0.4) is 0 Å². The number of fused-ring (bicyclic) bond motifs is 1. The molecule has 2 aliphatic rings. The highest BCUT2D eigenvalue weighted by Gasteiger charge is 2.31. The lowest BCUT2D eigenvalue weighted by Crippen LogP contribution is -2.45. The summed E-state index contributed by atoms with van der Waals surface area (Å²) in [7, 11) is 0. The summed E-state index contributed by atoms with van der Waals surface area (Å²) >= 11 is 0. The topological polar surface area (TPSA) is 81.1 Å². The maximum Gasteiger partial charge on any atom is 0.262 e. The van der Waals surface area contributed by atoms with Crippen LogP contribution in [0.4, 0.5) is 0 Å². The summed E-state index contributed by atoms with van der Waals surface area (Å²) in [6.07, 6.45) is 5.12. The van der Waals surface area contributed by atoms with E-state index in [-0.39, 0.29) is 17.9 Å². The molecule has 1 aliphatic heterocycles. The Labute approximate surface area is 145 Å². The van der Waals surface area contributed by atoms with Crippen molar-refractivity contribution < 1.29 is 9.59 Å². The van der Waals surface area contributed by atoms with Gasteiger partial charge in [0.25, 0.3) is 5.56 Å². The Kier molecular flexibility index (Phi) is 3.90. The Hall–Kier alpha value is -2.50. The molecule has 1 saturated carbocycles. The smallest absolute Gasteiger partial charge is 0.262 e. The number of hydrogen-bond donors (Lipinski definition) is 1. The summed E-state index contributed by atoms with van der Waals surface area (Å²) in [5.41, 5.74) is 1.57. The second kappa shape index (κ2) is 6.10. The maximum absolute atomic E-state index is 13.3. The fraction of sp³-hybridized carbons (Fsp3) is 0.474. The summed E-state index contributed by atoms with van der Waals surface area (Å²) in [5.74, 6) is 0.194. The molecule has 1 unspecified atom stereocenters. The van der Waals surface area contributed by atoms with Crippen molar-refractivity contribution in [3.05, 3.63) is 39.9 Å². The molecule has 1 saturated heterocycles. The zero-order valence-electron chi connectivity index (χ0n) is 14.2. The van der Waals surface area contributed by atoms with Crippen LogP contribution in [0.1, 0.15) is 61.9 Å². The fourth-order valence-corrected chi connectivity index (χ4v) is 4.25. The number of benzene rings is 1. The van der Waals surface area contributed by atoms with Gasteiger partial charge >= 0.3 is 0 Å². The van der Waals surface area contributed by atoms with Gasteiger partial charge in [0, 0.05) is 6.42 Å². The average molecular weight is 339 g/mol. The van der Waals surface area contributed by atoms with E-state index in [1.807, 2.05) is 18.2 Å². The Bertz CT molecular complexity index is 925. The third kappa shape index (κ3) is 2.65. The number of piperidine rings is 1. The molecule has 1 N–H and O–H groups in total. The molecule has 1 aromatic heterocycles. The summed E-state index contributed by atoms with van der Waals surface area (Å²) in [6, 6.07) is 5.17. The van der Waals surface area contributed by atoms with E-state index in [0.29, 0.717) is 29.1 Å². The van der Waals surface area contributed by atoms with Gasteiger partial charge in [0.05, 0.1) is 10.9 Å². The van der Waals surface area contributed by atoms with Gasteiger partial charge in [-0.25, -0.2) is 4.98 Å². The zero-order chi connectivity index (χ0) is 17.6. The predicted octanol–water partition coefficient (Wildman–Crippen LogP) is 2.34. The van der Waals surface area contributed by atoms with Gasteiger partial charge in [0.2, 0.25) is 11.8 Å². The maximum atomic E-state index is 13.3. The van der Waals surface area contributed by atoms with Gasteiger partial charge in [0.1, 0.15) is 11.9 Å². The molecule has 1 atom stereocenters. The minimum Gasteiger partial charge on any atom is -0.295 e. The SMILES string of the molecule is Cc1nc2cccc(C3CCCC3)c2c(=O)n1C1CCC(=O)NC1=O. The Balaban J connectivity index is 1.91. The second-order valence-electron chi connectivity index (χ2n) is 7.02. The Morgan fingerprint density at radius 2 is 1.88 bits per heavy atom. The van der Waals surface area contributed by atoms with Gasteiger partial charge in [-0.3, -0.25) is 24.3 Å². The number of aromatic nitrogens is 2. The number of nitrogens with zero attached hydrogens (tertiary/aromatic N) is 2. The number of hydrogen-bond acceptors (Lipinski definition) is 4. The monoisotopic (exact) mass is 339 g/mol. The molecule has 1 aliphatic carbocycles. The normalized spacial score (nSPS) is 21.7. The van der Waals surface area contributed by atoms with Crippen LogP contribution in [-0.2, 0) is 9.59 Å². The van der Waals surface area contributed by atoms with Gasteiger partial charge in [-0.1, -0.05) is 25.0 Å². The molecule has 25 heavy (non-hydrogen) atoms. The molecule has 2 fully saturated rings. The second-order valence-corrected chi connectivity index (χ2v) is 7.02. The molecule has 6 nitrogen and oxygen atoms in total. The first kappa shape index (κ1) is 16.0. The largest absolute Gasteiger partial charge is 0.295 e. The molecule has 4 rings (SSSR count). The van der Waals surface area contributed by atoms with Crippen LogP contribution < -0.4 is 10.9 Å². The molecular weight excluding hydrogens is 318 g/mol. The number of carbonyl (C=O) groups excluding carboxylic acids is 2. The average Bonchev–Trinajstić information content (AvgIpc) is 3.10. The van der Waals surface area contributed by atoms with Gasteiger partial charge in [0.15, 0.2) is 0 Å². The van der Waals surface area contributed by atoms with E-state index in [0.717, 1.165) is 18.4 Å². The minimum absolute atomic E-state index is 0.167. The van der Waals surface area contributed by atoms with Crippen LogP contribution in [0.15, 0.2) is 23.0 Å². The number of rotatable bonds is 2. The molecule has 130 valence electrons. The summed E-state index contributed by atoms with van der Waals surface area (Å²) < 4.78 is 1.47. The first-order valence-corrected chi connectivity index (χ1v) is 8.91. The van der Waals surface area contributed by atoms with Crippen molar-refractivity contribution in [2.75, 3.05) is 0 Å². The molecule has 0 spiro atoms. The van der Waals surface area contributed by atoms with Crippen LogP contribution in [-0.4, -0.2) is 21.4 Å².